The van der Waals surface area contributed by atoms with E-state index in [0.29, 0.717) is 16.6 Å². The van der Waals surface area contributed by atoms with Crippen LogP contribution in [0.3, 0.4) is 0 Å². The van der Waals surface area contributed by atoms with Crippen LogP contribution in [-0.4, -0.2) is 31.9 Å². The smallest absolute Gasteiger partial charge is 0.216 e. The molecule has 31 heavy (non-hydrogen) atoms. The number of sulfonamides is 1. The molecule has 7 heteroatoms. The van der Waals surface area contributed by atoms with Gasteiger partial charge in [0.2, 0.25) is 10.0 Å². The van der Waals surface area contributed by atoms with E-state index in [1.54, 1.807) is 0 Å². The third-order valence-electron chi connectivity index (χ3n) is 5.75. The summed E-state index contributed by atoms with van der Waals surface area (Å²) in [7, 11) is -3.43. The van der Waals surface area contributed by atoms with Gasteiger partial charge in [0.05, 0.1) is 11.8 Å². The molecular formula is C24H24Cl2N2O2S. The second-order valence-electron chi connectivity index (χ2n) is 7.91. The van der Waals surface area contributed by atoms with Crippen molar-refractivity contribution in [2.75, 3.05) is 6.54 Å². The fourth-order valence-electron chi connectivity index (χ4n) is 4.05. The summed E-state index contributed by atoms with van der Waals surface area (Å²) in [6, 6.07) is 24.7. The molecule has 2 atom stereocenters. The van der Waals surface area contributed by atoms with E-state index in [-0.39, 0.29) is 23.9 Å². The van der Waals surface area contributed by atoms with Crippen molar-refractivity contribution in [3.8, 4) is 0 Å². The van der Waals surface area contributed by atoms with E-state index < -0.39 is 10.0 Å². The predicted molar refractivity (Wildman–Crippen MR) is 127 cm³/mol. The molecule has 1 fully saturated rings. The SMILES string of the molecule is C[C@@H]1[C@@H](NS(=O)(=O)Cc2ccccc2)CN1C(c1ccc(Cl)cc1)c1ccc(Cl)cc1. The Morgan fingerprint density at radius 2 is 1.42 bits per heavy atom. The molecule has 1 saturated heterocycles. The van der Waals surface area contributed by atoms with E-state index in [0.717, 1.165) is 16.7 Å². The second-order valence-corrected chi connectivity index (χ2v) is 10.5. The van der Waals surface area contributed by atoms with Gasteiger partial charge >= 0.3 is 0 Å². The standard InChI is InChI=1S/C24H24Cl2N2O2S/c1-17-23(27-31(29,30)16-18-5-3-2-4-6-18)15-28(17)24(19-7-11-21(25)12-8-19)20-9-13-22(26)14-10-20/h2-14,17,23-24,27H,15-16H2,1H3/t17-,23+/m1/s1. The maximum atomic E-state index is 12.7. The minimum atomic E-state index is -3.43. The lowest BCUT2D eigenvalue weighted by molar-refractivity contribution is 0.0369. The van der Waals surface area contributed by atoms with Crippen LogP contribution in [-0.2, 0) is 15.8 Å². The number of hydrogen-bond donors (Lipinski definition) is 1. The molecule has 3 aromatic rings. The fraction of sp³-hybridized carbons (Fsp3) is 0.250. The fourth-order valence-corrected chi connectivity index (χ4v) is 5.75. The van der Waals surface area contributed by atoms with Gasteiger partial charge in [-0.15, -0.1) is 0 Å². The highest BCUT2D eigenvalue weighted by Gasteiger charge is 2.42. The summed E-state index contributed by atoms with van der Waals surface area (Å²) in [5.74, 6) is -0.0190. The average Bonchev–Trinajstić information content (AvgIpc) is 2.75. The Balaban J connectivity index is 1.52. The van der Waals surface area contributed by atoms with Gasteiger partial charge in [0.15, 0.2) is 0 Å². The third-order valence-corrected chi connectivity index (χ3v) is 7.63. The van der Waals surface area contributed by atoms with E-state index in [1.807, 2.05) is 78.9 Å². The molecule has 0 saturated carbocycles. The summed E-state index contributed by atoms with van der Waals surface area (Å²) >= 11 is 12.2. The van der Waals surface area contributed by atoms with Gasteiger partial charge in [0, 0.05) is 28.7 Å². The summed E-state index contributed by atoms with van der Waals surface area (Å²) in [6.45, 7) is 2.67. The van der Waals surface area contributed by atoms with Crippen LogP contribution in [0, 0.1) is 0 Å². The zero-order valence-electron chi connectivity index (χ0n) is 17.1. The van der Waals surface area contributed by atoms with Crippen LogP contribution in [0.15, 0.2) is 78.9 Å². The van der Waals surface area contributed by atoms with Crippen molar-refractivity contribution in [3.05, 3.63) is 106 Å². The summed E-state index contributed by atoms with van der Waals surface area (Å²) in [4.78, 5) is 2.29. The Labute approximate surface area is 193 Å². The molecule has 4 nitrogen and oxygen atoms in total. The number of halogens is 2. The molecule has 4 rings (SSSR count). The summed E-state index contributed by atoms with van der Waals surface area (Å²) in [5, 5.41) is 1.36. The zero-order valence-corrected chi connectivity index (χ0v) is 19.4. The van der Waals surface area contributed by atoms with Crippen molar-refractivity contribution < 1.29 is 8.42 Å². The van der Waals surface area contributed by atoms with Crippen molar-refractivity contribution in [2.24, 2.45) is 0 Å². The monoisotopic (exact) mass is 474 g/mol. The molecule has 1 N–H and O–H groups in total. The van der Waals surface area contributed by atoms with Gasteiger partial charge in [0.25, 0.3) is 0 Å². The Bertz CT molecular complexity index is 1080. The lowest BCUT2D eigenvalue weighted by Crippen LogP contribution is -2.66. The van der Waals surface area contributed by atoms with Crippen LogP contribution in [0.2, 0.25) is 10.0 Å². The third kappa shape index (κ3) is 5.30. The molecule has 1 heterocycles. The van der Waals surface area contributed by atoms with Gasteiger partial charge in [0.1, 0.15) is 0 Å². The van der Waals surface area contributed by atoms with E-state index >= 15 is 0 Å². The Hall–Kier alpha value is -1.89. The number of rotatable bonds is 7. The molecule has 0 radical (unpaired) electrons. The lowest BCUT2D eigenvalue weighted by Gasteiger charge is -2.50. The van der Waals surface area contributed by atoms with Crippen molar-refractivity contribution >= 4 is 33.2 Å². The van der Waals surface area contributed by atoms with Crippen LogP contribution in [0.5, 0.6) is 0 Å². The van der Waals surface area contributed by atoms with Crippen LogP contribution in [0.4, 0.5) is 0 Å². The largest absolute Gasteiger partial charge is 0.286 e. The zero-order chi connectivity index (χ0) is 22.0. The van der Waals surface area contributed by atoms with Crippen LogP contribution >= 0.6 is 23.2 Å². The maximum Gasteiger partial charge on any atom is 0.216 e. The number of likely N-dealkylation sites (tertiary alicyclic amines) is 1. The molecular weight excluding hydrogens is 451 g/mol. The maximum absolute atomic E-state index is 12.7. The van der Waals surface area contributed by atoms with Crippen molar-refractivity contribution in [2.45, 2.75) is 30.8 Å². The first kappa shape index (κ1) is 22.3. The van der Waals surface area contributed by atoms with Gasteiger partial charge < -0.3 is 0 Å². The first-order valence-electron chi connectivity index (χ1n) is 10.1. The molecule has 0 amide bonds. The first-order valence-corrected chi connectivity index (χ1v) is 12.5. The quantitative estimate of drug-likeness (QED) is 0.506. The Morgan fingerprint density at radius 1 is 0.903 bits per heavy atom. The average molecular weight is 475 g/mol. The van der Waals surface area contributed by atoms with Crippen molar-refractivity contribution in [1.82, 2.24) is 9.62 Å². The molecule has 0 bridgehead atoms. The molecule has 3 aromatic carbocycles. The normalized spacial score (nSPS) is 19.4. The molecule has 0 spiro atoms. The van der Waals surface area contributed by atoms with Crippen LogP contribution in [0.1, 0.15) is 29.7 Å². The molecule has 0 unspecified atom stereocenters. The molecule has 0 aliphatic carbocycles. The van der Waals surface area contributed by atoms with Gasteiger partial charge in [-0.3, -0.25) is 4.90 Å². The van der Waals surface area contributed by atoms with Gasteiger partial charge in [-0.05, 0) is 47.9 Å². The highest BCUT2D eigenvalue weighted by atomic mass is 35.5. The summed E-state index contributed by atoms with van der Waals surface area (Å²) in [6.07, 6.45) is 0. The molecule has 162 valence electrons. The van der Waals surface area contributed by atoms with Gasteiger partial charge in [-0.1, -0.05) is 77.8 Å². The van der Waals surface area contributed by atoms with E-state index in [1.165, 1.54) is 0 Å². The second kappa shape index (κ2) is 9.31. The molecule has 0 aromatic heterocycles. The van der Waals surface area contributed by atoms with E-state index in [9.17, 15) is 8.42 Å². The summed E-state index contributed by atoms with van der Waals surface area (Å²) in [5.41, 5.74) is 2.98. The number of hydrogen-bond acceptors (Lipinski definition) is 3. The van der Waals surface area contributed by atoms with E-state index in [4.69, 9.17) is 23.2 Å². The van der Waals surface area contributed by atoms with Crippen molar-refractivity contribution in [3.63, 3.8) is 0 Å². The molecule has 1 aliphatic heterocycles. The van der Waals surface area contributed by atoms with Crippen LogP contribution < -0.4 is 4.72 Å². The number of nitrogens with one attached hydrogen (secondary N) is 1. The number of benzene rings is 3. The summed E-state index contributed by atoms with van der Waals surface area (Å²) < 4.78 is 28.2. The molecule has 1 aliphatic rings. The van der Waals surface area contributed by atoms with E-state index in [2.05, 4.69) is 16.5 Å². The van der Waals surface area contributed by atoms with Gasteiger partial charge in [-0.25, -0.2) is 13.1 Å². The first-order chi connectivity index (χ1) is 14.8. The van der Waals surface area contributed by atoms with Gasteiger partial charge in [-0.2, -0.15) is 0 Å². The minimum Gasteiger partial charge on any atom is -0.286 e. The van der Waals surface area contributed by atoms with Crippen LogP contribution in [0.25, 0.3) is 0 Å². The Kier molecular flexibility index (Phi) is 6.70. The highest BCUT2D eigenvalue weighted by molar-refractivity contribution is 7.88. The lowest BCUT2D eigenvalue weighted by atomic mass is 9.89. The highest BCUT2D eigenvalue weighted by Crippen LogP contribution is 2.37. The van der Waals surface area contributed by atoms with Crippen molar-refractivity contribution in [1.29, 1.82) is 0 Å². The Morgan fingerprint density at radius 3 is 1.90 bits per heavy atom. The topological polar surface area (TPSA) is 49.4 Å². The number of nitrogens with zero attached hydrogens (tertiary/aromatic N) is 1. The predicted octanol–water partition coefficient (Wildman–Crippen LogP) is 5.28. The minimum absolute atomic E-state index is 0.0144.